The predicted octanol–water partition coefficient (Wildman–Crippen LogP) is 2.07. The topological polar surface area (TPSA) is 66.9 Å². The number of nitrogens with zero attached hydrogens (tertiary/aromatic N) is 2. The molecule has 0 saturated heterocycles. The highest BCUT2D eigenvalue weighted by molar-refractivity contribution is 5.99. The molecule has 5 nitrogen and oxygen atoms in total. The molecule has 0 bridgehead atoms. The minimum absolute atomic E-state index is 0.162. The van der Waals surface area contributed by atoms with E-state index >= 15 is 0 Å². The average Bonchev–Trinajstić information content (AvgIpc) is 2.44. The Morgan fingerprint density at radius 2 is 2.05 bits per heavy atom. The smallest absolute Gasteiger partial charge is 0.255 e. The molecule has 0 aliphatic carbocycles. The highest BCUT2D eigenvalue weighted by Crippen LogP contribution is 2.14. The van der Waals surface area contributed by atoms with Gasteiger partial charge in [0.05, 0.1) is 23.5 Å². The maximum absolute atomic E-state index is 12.2. The standard InChI is InChI=1S/C15H18N4O/c1-10-5-4-6-12(19-10)8-18-15(20)13-9-17-11(2)7-14(13)16-3/h4-7,9H,8H2,1-3H3,(H,16,17)(H,18,20). The number of nitrogens with one attached hydrogen (secondary N) is 2. The van der Waals surface area contributed by atoms with Gasteiger partial charge in [0.25, 0.3) is 5.91 Å². The average molecular weight is 270 g/mol. The molecule has 104 valence electrons. The molecule has 20 heavy (non-hydrogen) atoms. The lowest BCUT2D eigenvalue weighted by Gasteiger charge is -2.10. The van der Waals surface area contributed by atoms with E-state index in [9.17, 15) is 4.79 Å². The lowest BCUT2D eigenvalue weighted by molar-refractivity contribution is 0.0951. The Kier molecular flexibility index (Phi) is 4.30. The number of rotatable bonds is 4. The zero-order valence-corrected chi connectivity index (χ0v) is 11.9. The summed E-state index contributed by atoms with van der Waals surface area (Å²) in [5, 5.41) is 5.86. The first-order chi connectivity index (χ1) is 9.60. The maximum Gasteiger partial charge on any atom is 0.255 e. The van der Waals surface area contributed by atoms with Crippen LogP contribution in [0.4, 0.5) is 5.69 Å². The van der Waals surface area contributed by atoms with E-state index in [0.717, 1.165) is 22.8 Å². The molecule has 0 aliphatic rings. The first-order valence-electron chi connectivity index (χ1n) is 6.45. The van der Waals surface area contributed by atoms with Crippen LogP contribution in [0.3, 0.4) is 0 Å². The van der Waals surface area contributed by atoms with Gasteiger partial charge in [0.1, 0.15) is 0 Å². The second-order valence-electron chi connectivity index (χ2n) is 4.57. The normalized spacial score (nSPS) is 10.2. The van der Waals surface area contributed by atoms with Gasteiger partial charge < -0.3 is 10.6 Å². The summed E-state index contributed by atoms with van der Waals surface area (Å²) in [7, 11) is 1.79. The lowest BCUT2D eigenvalue weighted by Crippen LogP contribution is -2.24. The minimum atomic E-state index is -0.162. The summed E-state index contributed by atoms with van der Waals surface area (Å²) in [6, 6.07) is 7.59. The number of carbonyl (C=O) groups is 1. The molecular formula is C15H18N4O. The number of aromatic nitrogens is 2. The minimum Gasteiger partial charge on any atom is -0.387 e. The Morgan fingerprint density at radius 3 is 2.75 bits per heavy atom. The van der Waals surface area contributed by atoms with Crippen LogP contribution in [0.1, 0.15) is 27.4 Å². The zero-order chi connectivity index (χ0) is 14.5. The Bertz CT molecular complexity index is 625. The van der Waals surface area contributed by atoms with Gasteiger partial charge in [-0.15, -0.1) is 0 Å². The van der Waals surface area contributed by atoms with Gasteiger partial charge in [-0.2, -0.15) is 0 Å². The van der Waals surface area contributed by atoms with Crippen LogP contribution in [0.5, 0.6) is 0 Å². The third kappa shape index (κ3) is 3.32. The van der Waals surface area contributed by atoms with Crippen LogP contribution in [-0.4, -0.2) is 22.9 Å². The van der Waals surface area contributed by atoms with Crippen molar-refractivity contribution in [3.8, 4) is 0 Å². The van der Waals surface area contributed by atoms with Gasteiger partial charge in [0.15, 0.2) is 0 Å². The fourth-order valence-electron chi connectivity index (χ4n) is 1.91. The molecule has 0 aliphatic heterocycles. The van der Waals surface area contributed by atoms with Crippen LogP contribution in [0.2, 0.25) is 0 Å². The van der Waals surface area contributed by atoms with Crippen LogP contribution in [0.25, 0.3) is 0 Å². The van der Waals surface area contributed by atoms with Crippen molar-refractivity contribution in [2.75, 3.05) is 12.4 Å². The van der Waals surface area contributed by atoms with Gasteiger partial charge in [-0.3, -0.25) is 14.8 Å². The van der Waals surface area contributed by atoms with Crippen LogP contribution < -0.4 is 10.6 Å². The maximum atomic E-state index is 12.2. The van der Waals surface area contributed by atoms with E-state index in [-0.39, 0.29) is 5.91 Å². The van der Waals surface area contributed by atoms with E-state index < -0.39 is 0 Å². The Hall–Kier alpha value is -2.43. The van der Waals surface area contributed by atoms with Crippen LogP contribution >= 0.6 is 0 Å². The third-order valence-corrected chi connectivity index (χ3v) is 2.93. The first-order valence-corrected chi connectivity index (χ1v) is 6.45. The second-order valence-corrected chi connectivity index (χ2v) is 4.57. The molecular weight excluding hydrogens is 252 g/mol. The monoisotopic (exact) mass is 270 g/mol. The predicted molar refractivity (Wildman–Crippen MR) is 78.7 cm³/mol. The third-order valence-electron chi connectivity index (χ3n) is 2.93. The van der Waals surface area contributed by atoms with Crippen molar-refractivity contribution in [1.29, 1.82) is 0 Å². The molecule has 0 spiro atoms. The molecule has 2 aromatic rings. The van der Waals surface area contributed by atoms with Gasteiger partial charge >= 0.3 is 0 Å². The van der Waals surface area contributed by atoms with E-state index in [1.165, 1.54) is 0 Å². The Labute approximate surface area is 118 Å². The van der Waals surface area contributed by atoms with Gasteiger partial charge in [0, 0.05) is 24.6 Å². The van der Waals surface area contributed by atoms with Crippen molar-refractivity contribution in [3.05, 3.63) is 53.1 Å². The zero-order valence-electron chi connectivity index (χ0n) is 11.9. The SMILES string of the molecule is CNc1cc(C)ncc1C(=O)NCc1cccc(C)n1. The van der Waals surface area contributed by atoms with Crippen LogP contribution in [0, 0.1) is 13.8 Å². The largest absolute Gasteiger partial charge is 0.387 e. The number of amides is 1. The van der Waals surface area contributed by atoms with Crippen molar-refractivity contribution in [2.24, 2.45) is 0 Å². The van der Waals surface area contributed by atoms with Gasteiger partial charge in [-0.1, -0.05) is 6.07 Å². The van der Waals surface area contributed by atoms with E-state index in [1.807, 2.05) is 38.1 Å². The van der Waals surface area contributed by atoms with Gasteiger partial charge in [-0.05, 0) is 32.0 Å². The summed E-state index contributed by atoms with van der Waals surface area (Å²) < 4.78 is 0. The number of aryl methyl sites for hydroxylation is 2. The fourth-order valence-corrected chi connectivity index (χ4v) is 1.91. The molecule has 2 rings (SSSR count). The van der Waals surface area contributed by atoms with E-state index in [4.69, 9.17) is 0 Å². The van der Waals surface area contributed by atoms with E-state index in [2.05, 4.69) is 20.6 Å². The molecule has 5 heteroatoms. The molecule has 0 unspecified atom stereocenters. The Morgan fingerprint density at radius 1 is 1.25 bits per heavy atom. The number of hydrogen-bond acceptors (Lipinski definition) is 4. The highest BCUT2D eigenvalue weighted by atomic mass is 16.1. The molecule has 0 radical (unpaired) electrons. The molecule has 0 saturated carbocycles. The quantitative estimate of drug-likeness (QED) is 0.892. The summed E-state index contributed by atoms with van der Waals surface area (Å²) in [6.45, 7) is 4.21. The molecule has 2 N–H and O–H groups in total. The summed E-state index contributed by atoms with van der Waals surface area (Å²) in [4.78, 5) is 20.7. The summed E-state index contributed by atoms with van der Waals surface area (Å²) in [5.41, 5.74) is 3.94. The van der Waals surface area contributed by atoms with Crippen molar-refractivity contribution < 1.29 is 4.79 Å². The summed E-state index contributed by atoms with van der Waals surface area (Å²) in [5.74, 6) is -0.162. The summed E-state index contributed by atoms with van der Waals surface area (Å²) >= 11 is 0. The molecule has 0 fully saturated rings. The molecule has 0 atom stereocenters. The molecule has 1 amide bonds. The van der Waals surface area contributed by atoms with E-state index in [0.29, 0.717) is 12.1 Å². The van der Waals surface area contributed by atoms with Gasteiger partial charge in [0.2, 0.25) is 0 Å². The molecule has 2 aromatic heterocycles. The van der Waals surface area contributed by atoms with Crippen molar-refractivity contribution >= 4 is 11.6 Å². The second kappa shape index (κ2) is 6.14. The number of pyridine rings is 2. The first kappa shape index (κ1) is 14.0. The van der Waals surface area contributed by atoms with Gasteiger partial charge in [-0.25, -0.2) is 0 Å². The number of carbonyl (C=O) groups excluding carboxylic acids is 1. The van der Waals surface area contributed by atoms with Crippen LogP contribution in [-0.2, 0) is 6.54 Å². The number of anilines is 1. The molecule has 0 aromatic carbocycles. The lowest BCUT2D eigenvalue weighted by atomic mass is 10.2. The van der Waals surface area contributed by atoms with E-state index in [1.54, 1.807) is 13.2 Å². The molecule has 2 heterocycles. The highest BCUT2D eigenvalue weighted by Gasteiger charge is 2.11. The Balaban J connectivity index is 2.09. The summed E-state index contributed by atoms with van der Waals surface area (Å²) in [6.07, 6.45) is 1.58. The number of hydrogen-bond donors (Lipinski definition) is 2. The van der Waals surface area contributed by atoms with Crippen molar-refractivity contribution in [1.82, 2.24) is 15.3 Å². The van der Waals surface area contributed by atoms with Crippen molar-refractivity contribution in [2.45, 2.75) is 20.4 Å². The van der Waals surface area contributed by atoms with Crippen LogP contribution in [0.15, 0.2) is 30.5 Å². The van der Waals surface area contributed by atoms with Crippen molar-refractivity contribution in [3.63, 3.8) is 0 Å². The fraction of sp³-hybridized carbons (Fsp3) is 0.267.